The fraction of sp³-hybridized carbons (Fsp3) is 0.360. The number of ether oxygens (including phenoxy) is 3. The summed E-state index contributed by atoms with van der Waals surface area (Å²) in [4.78, 5) is 12.0. The van der Waals surface area contributed by atoms with E-state index in [4.69, 9.17) is 14.2 Å². The van der Waals surface area contributed by atoms with Crippen LogP contribution < -0.4 is 9.47 Å². The molecule has 0 saturated heterocycles. The molecule has 0 bridgehead atoms. The summed E-state index contributed by atoms with van der Waals surface area (Å²) in [5.74, 6) is 1.55. The van der Waals surface area contributed by atoms with Gasteiger partial charge in [0, 0.05) is 30.7 Å². The van der Waals surface area contributed by atoms with Crippen LogP contribution in [0.15, 0.2) is 53.6 Å². The number of hydrogen-bond acceptors (Lipinski definition) is 8. The standard InChI is InChI=1S/C25H31N3O6S/c1-6-16(3)33-23(7-2)21-10-9-20(27-21)22-12-18(32-17(4)15-29)13-25(28-22)34-24-11-8-19(14-26-24)35(5,30)31/h7-14,16-17,27,29H,6,15H2,1-5H3/b23-7+/t16?,17-/m0/s1. The molecule has 2 atom stereocenters. The summed E-state index contributed by atoms with van der Waals surface area (Å²) in [6.45, 7) is 7.56. The van der Waals surface area contributed by atoms with Crippen LogP contribution in [0.2, 0.25) is 0 Å². The summed E-state index contributed by atoms with van der Waals surface area (Å²) in [5, 5.41) is 9.41. The first kappa shape index (κ1) is 26.2. The fourth-order valence-corrected chi connectivity index (χ4v) is 3.60. The number of aromatic nitrogens is 3. The molecule has 35 heavy (non-hydrogen) atoms. The Morgan fingerprint density at radius 2 is 1.91 bits per heavy atom. The van der Waals surface area contributed by atoms with Crippen LogP contribution in [0.25, 0.3) is 17.1 Å². The molecule has 3 aromatic heterocycles. The van der Waals surface area contributed by atoms with Crippen LogP contribution >= 0.6 is 0 Å². The molecule has 0 amide bonds. The molecule has 1 unspecified atom stereocenters. The molecule has 0 fully saturated rings. The van der Waals surface area contributed by atoms with Gasteiger partial charge in [-0.3, -0.25) is 0 Å². The molecule has 0 spiro atoms. The van der Waals surface area contributed by atoms with Crippen molar-refractivity contribution in [1.82, 2.24) is 15.0 Å². The van der Waals surface area contributed by atoms with Gasteiger partial charge in [0.05, 0.1) is 34.7 Å². The molecule has 3 aromatic rings. The number of aliphatic hydroxyl groups is 1. The zero-order valence-electron chi connectivity index (χ0n) is 20.5. The molecule has 3 rings (SSSR count). The number of nitrogens with zero attached hydrogens (tertiary/aromatic N) is 2. The van der Waals surface area contributed by atoms with Crippen LogP contribution in [0.4, 0.5) is 0 Å². The van der Waals surface area contributed by atoms with Crippen molar-refractivity contribution < 1.29 is 27.7 Å². The predicted molar refractivity (Wildman–Crippen MR) is 133 cm³/mol. The first-order valence-electron chi connectivity index (χ1n) is 11.3. The maximum atomic E-state index is 11.7. The quantitative estimate of drug-likeness (QED) is 0.365. The van der Waals surface area contributed by atoms with Gasteiger partial charge in [-0.2, -0.15) is 0 Å². The van der Waals surface area contributed by atoms with Crippen LogP contribution in [-0.4, -0.2) is 53.5 Å². The van der Waals surface area contributed by atoms with Crippen molar-refractivity contribution in [2.45, 2.75) is 51.2 Å². The van der Waals surface area contributed by atoms with E-state index in [2.05, 4.69) is 21.9 Å². The zero-order chi connectivity index (χ0) is 25.6. The Labute approximate surface area is 205 Å². The maximum Gasteiger partial charge on any atom is 0.225 e. The van der Waals surface area contributed by atoms with Crippen LogP contribution in [0.1, 0.15) is 39.8 Å². The van der Waals surface area contributed by atoms with Gasteiger partial charge < -0.3 is 24.3 Å². The second-order valence-electron chi connectivity index (χ2n) is 8.12. The van der Waals surface area contributed by atoms with Gasteiger partial charge in [-0.1, -0.05) is 6.92 Å². The predicted octanol–water partition coefficient (Wildman–Crippen LogP) is 4.60. The topological polar surface area (TPSA) is 124 Å². The highest BCUT2D eigenvalue weighted by Gasteiger charge is 2.15. The molecule has 10 heteroatoms. The van der Waals surface area contributed by atoms with Crippen molar-refractivity contribution in [2.24, 2.45) is 0 Å². The number of rotatable bonds is 11. The van der Waals surface area contributed by atoms with Crippen molar-refractivity contribution in [3.8, 4) is 28.9 Å². The Kier molecular flexibility index (Phi) is 8.52. The number of aromatic amines is 1. The van der Waals surface area contributed by atoms with Gasteiger partial charge in [0.1, 0.15) is 17.6 Å². The van der Waals surface area contributed by atoms with E-state index in [0.29, 0.717) is 17.1 Å². The van der Waals surface area contributed by atoms with Crippen LogP contribution in [-0.2, 0) is 14.6 Å². The minimum atomic E-state index is -3.37. The smallest absolute Gasteiger partial charge is 0.225 e. The maximum absolute atomic E-state index is 11.7. The number of aliphatic hydroxyl groups excluding tert-OH is 1. The number of pyridine rings is 2. The summed E-state index contributed by atoms with van der Waals surface area (Å²) in [6, 6.07) is 9.97. The minimum absolute atomic E-state index is 0.0735. The van der Waals surface area contributed by atoms with E-state index < -0.39 is 15.9 Å². The average Bonchev–Trinajstić information content (AvgIpc) is 3.32. The molecule has 0 saturated carbocycles. The van der Waals surface area contributed by atoms with Crippen molar-refractivity contribution in [2.75, 3.05) is 12.9 Å². The summed E-state index contributed by atoms with van der Waals surface area (Å²) in [6.07, 6.45) is 4.76. The zero-order valence-corrected chi connectivity index (χ0v) is 21.3. The third-order valence-corrected chi connectivity index (χ3v) is 6.21. The Morgan fingerprint density at radius 3 is 2.51 bits per heavy atom. The molecule has 9 nitrogen and oxygen atoms in total. The lowest BCUT2D eigenvalue weighted by Gasteiger charge is -2.15. The van der Waals surface area contributed by atoms with Gasteiger partial charge in [0.2, 0.25) is 11.8 Å². The van der Waals surface area contributed by atoms with Crippen molar-refractivity contribution >= 4 is 15.6 Å². The monoisotopic (exact) mass is 501 g/mol. The lowest BCUT2D eigenvalue weighted by molar-refractivity contribution is 0.129. The first-order valence-corrected chi connectivity index (χ1v) is 13.2. The fourth-order valence-electron chi connectivity index (χ4n) is 3.04. The lowest BCUT2D eigenvalue weighted by atomic mass is 10.2. The highest BCUT2D eigenvalue weighted by atomic mass is 32.2. The van der Waals surface area contributed by atoms with E-state index in [9.17, 15) is 13.5 Å². The molecule has 0 aliphatic carbocycles. The van der Waals surface area contributed by atoms with Gasteiger partial charge in [-0.25, -0.2) is 18.4 Å². The molecule has 2 N–H and O–H groups in total. The molecule has 0 aromatic carbocycles. The van der Waals surface area contributed by atoms with Gasteiger partial charge in [0.15, 0.2) is 9.84 Å². The van der Waals surface area contributed by atoms with Crippen LogP contribution in [0, 0.1) is 0 Å². The molecule has 3 heterocycles. The van der Waals surface area contributed by atoms with Gasteiger partial charge in [0.25, 0.3) is 0 Å². The second kappa shape index (κ2) is 11.4. The third kappa shape index (κ3) is 7.06. The largest absolute Gasteiger partial charge is 0.489 e. The number of sulfone groups is 1. The molecule has 0 aliphatic rings. The summed E-state index contributed by atoms with van der Waals surface area (Å²) < 4.78 is 40.9. The lowest BCUT2D eigenvalue weighted by Crippen LogP contribution is -2.16. The van der Waals surface area contributed by atoms with Gasteiger partial charge in [-0.05, 0) is 51.5 Å². The molecule has 0 radical (unpaired) electrons. The molecule has 188 valence electrons. The Morgan fingerprint density at radius 1 is 1.14 bits per heavy atom. The van der Waals surface area contributed by atoms with Gasteiger partial charge >= 0.3 is 0 Å². The van der Waals surface area contributed by atoms with Crippen molar-refractivity contribution in [1.29, 1.82) is 0 Å². The van der Waals surface area contributed by atoms with E-state index in [1.54, 1.807) is 19.1 Å². The number of H-pyrrole nitrogens is 1. The van der Waals surface area contributed by atoms with Crippen molar-refractivity contribution in [3.05, 3.63) is 54.4 Å². The SMILES string of the molecule is C/C=C(/OC(C)CC)c1ccc(-c2cc(O[C@@H](C)CO)cc(Oc3ccc(S(C)(=O)=O)cn3)n2)[nH]1. The Balaban J connectivity index is 1.94. The van der Waals surface area contributed by atoms with E-state index in [0.717, 1.165) is 24.1 Å². The Hall–Kier alpha value is -3.37. The summed E-state index contributed by atoms with van der Waals surface area (Å²) in [7, 11) is -3.37. The summed E-state index contributed by atoms with van der Waals surface area (Å²) >= 11 is 0. The normalized spacial score (nSPS) is 13.8. The van der Waals surface area contributed by atoms with Gasteiger partial charge in [-0.15, -0.1) is 0 Å². The van der Waals surface area contributed by atoms with Crippen molar-refractivity contribution in [3.63, 3.8) is 0 Å². The number of hydrogen-bond donors (Lipinski definition) is 2. The van der Waals surface area contributed by atoms with Crippen LogP contribution in [0.5, 0.6) is 17.5 Å². The van der Waals surface area contributed by atoms with E-state index in [1.165, 1.54) is 18.3 Å². The molecule has 0 aliphatic heterocycles. The highest BCUT2D eigenvalue weighted by molar-refractivity contribution is 7.90. The van der Waals surface area contributed by atoms with E-state index in [1.807, 2.05) is 32.1 Å². The Bertz CT molecular complexity index is 1270. The number of allylic oxidation sites excluding steroid dienone is 1. The minimum Gasteiger partial charge on any atom is -0.489 e. The third-order valence-electron chi connectivity index (χ3n) is 5.11. The molecular weight excluding hydrogens is 470 g/mol. The van der Waals surface area contributed by atoms with Crippen LogP contribution in [0.3, 0.4) is 0 Å². The second-order valence-corrected chi connectivity index (χ2v) is 10.1. The first-order chi connectivity index (χ1) is 16.6. The average molecular weight is 502 g/mol. The summed E-state index contributed by atoms with van der Waals surface area (Å²) in [5.41, 5.74) is 2.06. The highest BCUT2D eigenvalue weighted by Crippen LogP contribution is 2.30. The number of nitrogens with one attached hydrogen (secondary N) is 1. The molecular formula is C25H31N3O6S. The van der Waals surface area contributed by atoms with E-state index >= 15 is 0 Å². The van der Waals surface area contributed by atoms with E-state index in [-0.39, 0.29) is 29.4 Å².